The second-order valence-electron chi connectivity index (χ2n) is 9.82. The number of rotatable bonds is 4. The quantitative estimate of drug-likeness (QED) is 0.482. The predicted molar refractivity (Wildman–Crippen MR) is 142 cm³/mol. The topological polar surface area (TPSA) is 57.7 Å². The molecule has 35 heavy (non-hydrogen) atoms. The van der Waals surface area contributed by atoms with Crippen LogP contribution in [0.2, 0.25) is 0 Å². The standard InChI is InChI=1S/C30H31N5/c1-21-6-2-11-29(33-21)30-27(20-32-34-30)24-8-3-9-25-17-23(19-31-28(25)13-12-24)16-22-7-4-14-35-15-5-10-26(35)18-22/h2-3,6-9,11-13,17,19-20,26H,4-5,10,14-16,18H2,1H3,(H,32,34)/b8-3?,9-3+,13-12?,24-8?,24-12?,25-9?,28-13?. The smallest absolute Gasteiger partial charge is 0.0912 e. The number of pyridine rings is 2. The van der Waals surface area contributed by atoms with Crippen molar-refractivity contribution in [3.8, 4) is 11.4 Å². The van der Waals surface area contributed by atoms with Crippen LogP contribution in [0.3, 0.4) is 0 Å². The van der Waals surface area contributed by atoms with E-state index < -0.39 is 0 Å². The van der Waals surface area contributed by atoms with Crippen LogP contribution in [0.5, 0.6) is 0 Å². The first-order valence-electron chi connectivity index (χ1n) is 12.7. The van der Waals surface area contributed by atoms with Gasteiger partial charge in [0.1, 0.15) is 0 Å². The minimum absolute atomic E-state index is 0.746. The molecule has 1 atom stereocenters. The van der Waals surface area contributed by atoms with E-state index in [9.17, 15) is 0 Å². The van der Waals surface area contributed by atoms with Crippen LogP contribution in [-0.2, 0) is 6.42 Å². The summed E-state index contributed by atoms with van der Waals surface area (Å²) in [7, 11) is 0. The third-order valence-corrected chi connectivity index (χ3v) is 7.35. The van der Waals surface area contributed by atoms with Gasteiger partial charge in [-0.15, -0.1) is 0 Å². The first-order valence-corrected chi connectivity index (χ1v) is 12.7. The van der Waals surface area contributed by atoms with Gasteiger partial charge in [-0.3, -0.25) is 20.0 Å². The molecule has 5 nitrogen and oxygen atoms in total. The molecule has 2 aliphatic heterocycles. The number of hydrogen-bond donors (Lipinski definition) is 1. The summed E-state index contributed by atoms with van der Waals surface area (Å²) in [6.45, 7) is 4.50. The lowest BCUT2D eigenvalue weighted by Crippen LogP contribution is -2.29. The van der Waals surface area contributed by atoms with E-state index >= 15 is 0 Å². The number of allylic oxidation sites excluding steroid dienone is 4. The fraction of sp³-hybridized carbons (Fsp3) is 0.300. The lowest BCUT2D eigenvalue weighted by Gasteiger charge is -2.22. The van der Waals surface area contributed by atoms with Crippen LogP contribution in [0.4, 0.5) is 0 Å². The summed E-state index contributed by atoms with van der Waals surface area (Å²) in [5.41, 5.74) is 9.95. The summed E-state index contributed by atoms with van der Waals surface area (Å²) in [4.78, 5) is 12.2. The molecule has 3 aromatic heterocycles. The lowest BCUT2D eigenvalue weighted by atomic mass is 9.96. The number of H-pyrrole nitrogens is 1. The van der Waals surface area contributed by atoms with Gasteiger partial charge in [-0.05, 0) is 81.0 Å². The highest BCUT2D eigenvalue weighted by molar-refractivity contribution is 5.87. The van der Waals surface area contributed by atoms with Gasteiger partial charge < -0.3 is 0 Å². The molecule has 1 fully saturated rings. The van der Waals surface area contributed by atoms with E-state index in [1.807, 2.05) is 31.3 Å². The molecule has 1 saturated heterocycles. The second-order valence-corrected chi connectivity index (χ2v) is 9.82. The van der Waals surface area contributed by atoms with Crippen LogP contribution in [0.1, 0.15) is 53.8 Å². The maximum Gasteiger partial charge on any atom is 0.0912 e. The van der Waals surface area contributed by atoms with Crippen LogP contribution in [0.15, 0.2) is 66.5 Å². The molecule has 6 rings (SSSR count). The Morgan fingerprint density at radius 3 is 3.03 bits per heavy atom. The Hall–Kier alpha value is -3.57. The van der Waals surface area contributed by atoms with E-state index in [-0.39, 0.29) is 0 Å². The van der Waals surface area contributed by atoms with Gasteiger partial charge in [0, 0.05) is 35.6 Å². The fourth-order valence-electron chi connectivity index (χ4n) is 5.60. The van der Waals surface area contributed by atoms with Gasteiger partial charge in [-0.25, -0.2) is 0 Å². The molecule has 5 heterocycles. The molecule has 0 saturated carbocycles. The summed E-state index contributed by atoms with van der Waals surface area (Å²) in [6, 6.07) is 9.09. The lowest BCUT2D eigenvalue weighted by molar-refractivity contribution is 0.263. The van der Waals surface area contributed by atoms with Crippen molar-refractivity contribution in [2.45, 2.75) is 45.1 Å². The molecule has 3 aromatic rings. The molecule has 0 spiro atoms. The zero-order valence-corrected chi connectivity index (χ0v) is 20.2. The van der Waals surface area contributed by atoms with Gasteiger partial charge in [0.2, 0.25) is 0 Å². The summed E-state index contributed by atoms with van der Waals surface area (Å²) < 4.78 is 0. The average Bonchev–Trinajstić information content (AvgIpc) is 3.46. The Bertz CT molecular complexity index is 1360. The molecular formula is C30H31N5. The van der Waals surface area contributed by atoms with Crippen LogP contribution >= 0.6 is 0 Å². The third-order valence-electron chi connectivity index (χ3n) is 7.35. The van der Waals surface area contributed by atoms with Crippen LogP contribution < -0.4 is 0 Å². The number of aromatic amines is 1. The van der Waals surface area contributed by atoms with Gasteiger partial charge in [0.25, 0.3) is 0 Å². The van der Waals surface area contributed by atoms with Crippen molar-refractivity contribution in [1.82, 2.24) is 25.1 Å². The van der Waals surface area contributed by atoms with Crippen LogP contribution in [0, 0.1) is 6.92 Å². The molecule has 0 amide bonds. The summed E-state index contributed by atoms with van der Waals surface area (Å²) in [5.74, 6) is 0. The maximum atomic E-state index is 4.85. The van der Waals surface area contributed by atoms with Gasteiger partial charge in [-0.1, -0.05) is 42.0 Å². The van der Waals surface area contributed by atoms with Crippen LogP contribution in [0.25, 0.3) is 29.1 Å². The van der Waals surface area contributed by atoms with Crippen molar-refractivity contribution in [2.24, 2.45) is 0 Å². The zero-order chi connectivity index (χ0) is 23.6. The van der Waals surface area contributed by atoms with Gasteiger partial charge in [0.05, 0.1) is 23.3 Å². The predicted octanol–water partition coefficient (Wildman–Crippen LogP) is 6.03. The Morgan fingerprint density at radius 1 is 1.11 bits per heavy atom. The maximum absolute atomic E-state index is 4.85. The Kier molecular flexibility index (Phi) is 6.01. The minimum atomic E-state index is 0.746. The number of aromatic nitrogens is 4. The molecule has 0 aromatic carbocycles. The Balaban J connectivity index is 1.23. The van der Waals surface area contributed by atoms with Gasteiger partial charge in [-0.2, -0.15) is 5.10 Å². The van der Waals surface area contributed by atoms with E-state index in [1.54, 1.807) is 5.57 Å². The number of nitrogens with zero attached hydrogens (tertiary/aromatic N) is 4. The van der Waals surface area contributed by atoms with E-state index in [4.69, 9.17) is 4.98 Å². The van der Waals surface area contributed by atoms with Crippen molar-refractivity contribution >= 4 is 17.7 Å². The van der Waals surface area contributed by atoms with E-state index in [0.717, 1.165) is 46.4 Å². The number of fused-ring (bicyclic) bond motifs is 2. The summed E-state index contributed by atoms with van der Waals surface area (Å²) >= 11 is 0. The van der Waals surface area contributed by atoms with Crippen molar-refractivity contribution in [3.05, 3.63) is 94.6 Å². The highest BCUT2D eigenvalue weighted by atomic mass is 15.2. The highest BCUT2D eigenvalue weighted by Crippen LogP contribution is 2.30. The highest BCUT2D eigenvalue weighted by Gasteiger charge is 2.26. The number of aryl methyl sites for hydroxylation is 1. The molecule has 1 aliphatic carbocycles. The first-order chi connectivity index (χ1) is 17.2. The van der Waals surface area contributed by atoms with E-state index in [2.05, 4.69) is 68.8 Å². The number of nitrogens with one attached hydrogen (secondary N) is 1. The molecular weight excluding hydrogens is 430 g/mol. The second kappa shape index (κ2) is 9.59. The molecule has 0 bridgehead atoms. The third kappa shape index (κ3) is 4.69. The summed E-state index contributed by atoms with van der Waals surface area (Å²) in [6.07, 6.45) is 23.1. The summed E-state index contributed by atoms with van der Waals surface area (Å²) in [5, 5.41) is 7.44. The van der Waals surface area contributed by atoms with E-state index in [0.29, 0.717) is 0 Å². The van der Waals surface area contributed by atoms with Crippen molar-refractivity contribution in [2.75, 3.05) is 13.1 Å². The molecule has 1 N–H and O–H groups in total. The Labute approximate surface area is 207 Å². The molecule has 5 heteroatoms. The van der Waals surface area contributed by atoms with Gasteiger partial charge in [0.15, 0.2) is 0 Å². The fourth-order valence-corrected chi connectivity index (χ4v) is 5.60. The van der Waals surface area contributed by atoms with Gasteiger partial charge >= 0.3 is 0 Å². The monoisotopic (exact) mass is 461 g/mol. The minimum Gasteiger partial charge on any atom is -0.300 e. The SMILES string of the molecule is Cc1cccc(-c2[nH]ncc2C2=C/C=C/c3cc(CC4=CCCN5CCCC5C4)cnc3C=C2)n1. The average molecular weight is 462 g/mol. The molecule has 1 unspecified atom stereocenters. The van der Waals surface area contributed by atoms with Crippen LogP contribution in [-0.4, -0.2) is 44.2 Å². The molecule has 0 radical (unpaired) electrons. The normalized spacial score (nSPS) is 20.8. The molecule has 176 valence electrons. The first kappa shape index (κ1) is 21.9. The van der Waals surface area contributed by atoms with Crippen molar-refractivity contribution in [3.63, 3.8) is 0 Å². The van der Waals surface area contributed by atoms with Crippen molar-refractivity contribution < 1.29 is 0 Å². The van der Waals surface area contributed by atoms with Crippen molar-refractivity contribution in [1.29, 1.82) is 0 Å². The number of hydrogen-bond acceptors (Lipinski definition) is 4. The molecule has 3 aliphatic rings. The van der Waals surface area contributed by atoms with E-state index in [1.165, 1.54) is 49.9 Å². The zero-order valence-electron chi connectivity index (χ0n) is 20.2. The largest absolute Gasteiger partial charge is 0.300 e. The Morgan fingerprint density at radius 2 is 2.09 bits per heavy atom.